The van der Waals surface area contributed by atoms with Gasteiger partial charge in [-0.2, -0.15) is 0 Å². The molecule has 0 aliphatic heterocycles. The molecule has 1 aliphatic carbocycles. The van der Waals surface area contributed by atoms with Gasteiger partial charge in [0.05, 0.1) is 5.41 Å². The van der Waals surface area contributed by atoms with Crippen molar-refractivity contribution >= 4 is 5.91 Å². The zero-order valence-electron chi connectivity index (χ0n) is 13.5. The van der Waals surface area contributed by atoms with Crippen molar-refractivity contribution < 1.29 is 13.6 Å². The third-order valence-corrected chi connectivity index (χ3v) is 4.89. The van der Waals surface area contributed by atoms with Crippen LogP contribution < -0.4 is 5.32 Å². The first-order valence-corrected chi connectivity index (χ1v) is 8.40. The number of rotatable bonds is 5. The van der Waals surface area contributed by atoms with Gasteiger partial charge in [0, 0.05) is 12.1 Å². The average molecular weight is 329 g/mol. The molecular formula is C20H21F2NO. The van der Waals surface area contributed by atoms with Crippen LogP contribution in [0.4, 0.5) is 8.78 Å². The van der Waals surface area contributed by atoms with E-state index in [1.54, 1.807) is 30.3 Å². The van der Waals surface area contributed by atoms with E-state index in [4.69, 9.17) is 0 Å². The lowest BCUT2D eigenvalue weighted by Gasteiger charge is -2.28. The monoisotopic (exact) mass is 329 g/mol. The Bertz CT molecular complexity index is 706. The molecule has 0 heterocycles. The van der Waals surface area contributed by atoms with E-state index in [0.717, 1.165) is 18.4 Å². The smallest absolute Gasteiger partial charge is 0.230 e. The third kappa shape index (κ3) is 3.32. The van der Waals surface area contributed by atoms with Crippen molar-refractivity contribution in [3.05, 3.63) is 71.3 Å². The molecule has 0 atom stereocenters. The predicted molar refractivity (Wildman–Crippen MR) is 89.7 cm³/mol. The van der Waals surface area contributed by atoms with Crippen LogP contribution in [-0.4, -0.2) is 12.5 Å². The lowest BCUT2D eigenvalue weighted by atomic mass is 9.77. The van der Waals surface area contributed by atoms with Gasteiger partial charge in [-0.25, -0.2) is 8.78 Å². The molecule has 4 heteroatoms. The Morgan fingerprint density at radius 2 is 1.67 bits per heavy atom. The highest BCUT2D eigenvalue weighted by Crippen LogP contribution is 2.42. The Morgan fingerprint density at radius 3 is 2.33 bits per heavy atom. The molecule has 2 aromatic carbocycles. The molecule has 0 saturated heterocycles. The van der Waals surface area contributed by atoms with Gasteiger partial charge in [0.25, 0.3) is 0 Å². The van der Waals surface area contributed by atoms with Crippen molar-refractivity contribution in [2.45, 2.75) is 37.5 Å². The number of carbonyl (C=O) groups is 1. The number of amides is 1. The summed E-state index contributed by atoms with van der Waals surface area (Å²) in [5.41, 5.74) is 0.707. The Morgan fingerprint density at radius 1 is 1.00 bits per heavy atom. The Kier molecular flexibility index (Phi) is 4.93. The van der Waals surface area contributed by atoms with E-state index in [1.807, 2.05) is 0 Å². The Balaban J connectivity index is 1.69. The number of nitrogens with one attached hydrogen (secondary N) is 1. The molecule has 3 rings (SSSR count). The van der Waals surface area contributed by atoms with Gasteiger partial charge in [-0.05, 0) is 43.0 Å². The maximum Gasteiger partial charge on any atom is 0.230 e. The molecule has 24 heavy (non-hydrogen) atoms. The van der Waals surface area contributed by atoms with Gasteiger partial charge in [0.1, 0.15) is 11.6 Å². The van der Waals surface area contributed by atoms with Crippen LogP contribution in [0.5, 0.6) is 0 Å². The van der Waals surface area contributed by atoms with Crippen LogP contribution in [0.1, 0.15) is 36.8 Å². The van der Waals surface area contributed by atoms with Crippen LogP contribution in [0.15, 0.2) is 48.5 Å². The minimum absolute atomic E-state index is 0.104. The molecule has 126 valence electrons. The molecule has 0 bridgehead atoms. The van der Waals surface area contributed by atoms with Gasteiger partial charge >= 0.3 is 0 Å². The molecule has 1 fully saturated rings. The fourth-order valence-electron chi connectivity index (χ4n) is 3.59. The van der Waals surface area contributed by atoms with Crippen molar-refractivity contribution in [1.29, 1.82) is 0 Å². The standard InChI is InChI=1S/C20H21F2NO/c21-16-9-7-15(8-10-16)11-14-23-19(24)20(12-3-4-13-20)17-5-1-2-6-18(17)22/h1-2,5-10H,3-4,11-14H2,(H,23,24). The van der Waals surface area contributed by atoms with Gasteiger partial charge in [-0.15, -0.1) is 0 Å². The second-order valence-corrected chi connectivity index (χ2v) is 6.40. The number of hydrogen-bond donors (Lipinski definition) is 1. The second-order valence-electron chi connectivity index (χ2n) is 6.40. The predicted octanol–water partition coefficient (Wildman–Crippen LogP) is 4.14. The maximum atomic E-state index is 14.3. The summed E-state index contributed by atoms with van der Waals surface area (Å²) in [7, 11) is 0. The van der Waals surface area contributed by atoms with E-state index >= 15 is 0 Å². The molecule has 0 radical (unpaired) electrons. The summed E-state index contributed by atoms with van der Waals surface area (Å²) in [6.07, 6.45) is 3.84. The molecule has 0 spiro atoms. The zero-order chi connectivity index (χ0) is 17.0. The van der Waals surface area contributed by atoms with Crippen molar-refractivity contribution in [3.8, 4) is 0 Å². The van der Waals surface area contributed by atoms with E-state index in [-0.39, 0.29) is 17.5 Å². The van der Waals surface area contributed by atoms with E-state index < -0.39 is 5.41 Å². The number of halogens is 2. The molecule has 2 nitrogen and oxygen atoms in total. The molecule has 1 amide bonds. The highest BCUT2D eigenvalue weighted by molar-refractivity contribution is 5.88. The first kappa shape index (κ1) is 16.6. The van der Waals surface area contributed by atoms with Crippen molar-refractivity contribution in [2.24, 2.45) is 0 Å². The van der Waals surface area contributed by atoms with Gasteiger partial charge in [-0.1, -0.05) is 43.2 Å². The van der Waals surface area contributed by atoms with E-state index in [2.05, 4.69) is 5.32 Å². The first-order chi connectivity index (χ1) is 11.6. The summed E-state index contributed by atoms with van der Waals surface area (Å²) >= 11 is 0. The third-order valence-electron chi connectivity index (χ3n) is 4.89. The summed E-state index contributed by atoms with van der Waals surface area (Å²) in [5.74, 6) is -0.687. The van der Waals surface area contributed by atoms with Crippen molar-refractivity contribution in [3.63, 3.8) is 0 Å². The van der Waals surface area contributed by atoms with Gasteiger partial charge in [0.2, 0.25) is 5.91 Å². The summed E-state index contributed by atoms with van der Waals surface area (Å²) in [5, 5.41) is 2.95. The minimum atomic E-state index is -0.756. The molecule has 0 aromatic heterocycles. The number of carbonyl (C=O) groups excluding carboxylic acids is 1. The summed E-state index contributed by atoms with van der Waals surface area (Å²) in [6.45, 7) is 0.459. The molecule has 1 N–H and O–H groups in total. The maximum absolute atomic E-state index is 14.3. The van der Waals surface area contributed by atoms with Gasteiger partial charge in [0.15, 0.2) is 0 Å². The molecule has 2 aromatic rings. The number of benzene rings is 2. The summed E-state index contributed by atoms with van der Waals surface area (Å²) in [6, 6.07) is 12.8. The average Bonchev–Trinajstić information content (AvgIpc) is 3.08. The fraction of sp³-hybridized carbons (Fsp3) is 0.350. The Labute approximate surface area is 140 Å². The Hall–Kier alpha value is -2.23. The topological polar surface area (TPSA) is 29.1 Å². The quantitative estimate of drug-likeness (QED) is 0.878. The second kappa shape index (κ2) is 7.12. The zero-order valence-corrected chi connectivity index (χ0v) is 13.5. The van der Waals surface area contributed by atoms with Crippen molar-refractivity contribution in [1.82, 2.24) is 5.32 Å². The highest BCUT2D eigenvalue weighted by atomic mass is 19.1. The van der Waals surface area contributed by atoms with Crippen LogP contribution in [-0.2, 0) is 16.6 Å². The van der Waals surface area contributed by atoms with E-state index in [9.17, 15) is 13.6 Å². The largest absolute Gasteiger partial charge is 0.355 e. The lowest BCUT2D eigenvalue weighted by Crippen LogP contribution is -2.43. The summed E-state index contributed by atoms with van der Waals surface area (Å²) in [4.78, 5) is 12.8. The van der Waals surface area contributed by atoms with Gasteiger partial charge in [-0.3, -0.25) is 4.79 Å². The fourth-order valence-corrected chi connectivity index (χ4v) is 3.59. The minimum Gasteiger partial charge on any atom is -0.355 e. The molecular weight excluding hydrogens is 308 g/mol. The van der Waals surface area contributed by atoms with Crippen LogP contribution in [0.25, 0.3) is 0 Å². The summed E-state index contributed by atoms with van der Waals surface area (Å²) < 4.78 is 27.2. The van der Waals surface area contributed by atoms with Crippen LogP contribution in [0.3, 0.4) is 0 Å². The van der Waals surface area contributed by atoms with Gasteiger partial charge < -0.3 is 5.32 Å². The van der Waals surface area contributed by atoms with Crippen LogP contribution in [0, 0.1) is 11.6 Å². The highest BCUT2D eigenvalue weighted by Gasteiger charge is 2.44. The molecule has 1 aliphatic rings. The normalized spacial score (nSPS) is 16.1. The van der Waals surface area contributed by atoms with Crippen molar-refractivity contribution in [2.75, 3.05) is 6.54 Å². The lowest BCUT2D eigenvalue weighted by molar-refractivity contribution is -0.126. The molecule has 0 unspecified atom stereocenters. The van der Waals surface area contributed by atoms with Crippen LogP contribution >= 0.6 is 0 Å². The number of hydrogen-bond acceptors (Lipinski definition) is 1. The van der Waals surface area contributed by atoms with E-state index in [0.29, 0.717) is 31.4 Å². The first-order valence-electron chi connectivity index (χ1n) is 8.40. The SMILES string of the molecule is O=C(NCCc1ccc(F)cc1)C1(c2ccccc2F)CCCC1. The molecule has 1 saturated carbocycles. The van der Waals surface area contributed by atoms with E-state index in [1.165, 1.54) is 18.2 Å². The van der Waals surface area contributed by atoms with Crippen LogP contribution in [0.2, 0.25) is 0 Å².